The van der Waals surface area contributed by atoms with Crippen molar-refractivity contribution in [3.8, 4) is 0 Å². The molecule has 0 rings (SSSR count). The van der Waals surface area contributed by atoms with Crippen molar-refractivity contribution in [2.45, 2.75) is 348 Å². The third-order valence-electron chi connectivity index (χ3n) is 14.0. The molecule has 0 aromatic carbocycles. The maximum Gasteiger partial charge on any atom is 0.306 e. The van der Waals surface area contributed by atoms with E-state index in [0.717, 1.165) is 64.2 Å². The number of rotatable bonds is 57. The van der Waals surface area contributed by atoms with E-state index < -0.39 is 6.10 Å². The highest BCUT2D eigenvalue weighted by molar-refractivity contribution is 5.71. The minimum absolute atomic E-state index is 0.0670. The number of unbranched alkanes of at least 4 members (excludes halogenated alkanes) is 42. The first kappa shape index (κ1) is 66.9. The normalized spacial score (nSPS) is 12.1. The Hall–Kier alpha value is -2.11. The van der Waals surface area contributed by atoms with Crippen molar-refractivity contribution in [3.63, 3.8) is 0 Å². The number of carbonyl (C=O) groups excluding carboxylic acids is 3. The number of hydrogen-bond acceptors (Lipinski definition) is 6. The Kier molecular flexibility index (Phi) is 56.7. The highest BCUT2D eigenvalue weighted by atomic mass is 16.6. The summed E-state index contributed by atoms with van der Waals surface area (Å²) in [4.78, 5) is 38.0. The van der Waals surface area contributed by atoms with Crippen LogP contribution in [0.15, 0.2) is 24.3 Å². The molecule has 0 aliphatic rings. The molecule has 406 valence electrons. The molecule has 0 bridgehead atoms. The first-order chi connectivity index (χ1) is 34.0. The lowest BCUT2D eigenvalue weighted by atomic mass is 10.0. The predicted molar refractivity (Wildman–Crippen MR) is 298 cm³/mol. The molecule has 1 unspecified atom stereocenters. The summed E-state index contributed by atoms with van der Waals surface area (Å²) in [6.07, 6.45) is 69.2. The molecule has 0 aliphatic carbocycles. The highest BCUT2D eigenvalue weighted by Crippen LogP contribution is 2.17. The fourth-order valence-electron chi connectivity index (χ4n) is 9.30. The molecule has 0 spiro atoms. The van der Waals surface area contributed by atoms with Crippen molar-refractivity contribution in [3.05, 3.63) is 24.3 Å². The second-order valence-electron chi connectivity index (χ2n) is 21.0. The fourth-order valence-corrected chi connectivity index (χ4v) is 9.30. The molecule has 6 nitrogen and oxygen atoms in total. The number of esters is 3. The van der Waals surface area contributed by atoms with Crippen LogP contribution in [0.3, 0.4) is 0 Å². The molecule has 0 saturated heterocycles. The molecular formula is C63H118O6. The van der Waals surface area contributed by atoms with Gasteiger partial charge in [-0.25, -0.2) is 0 Å². The monoisotopic (exact) mass is 971 g/mol. The molecule has 6 heteroatoms. The van der Waals surface area contributed by atoms with Gasteiger partial charge in [-0.3, -0.25) is 14.4 Å². The Morgan fingerprint density at radius 3 is 0.797 bits per heavy atom. The van der Waals surface area contributed by atoms with Crippen molar-refractivity contribution in [1.82, 2.24) is 0 Å². The molecule has 0 saturated carbocycles. The van der Waals surface area contributed by atoms with E-state index in [0.29, 0.717) is 19.3 Å². The van der Waals surface area contributed by atoms with Crippen LogP contribution in [0.2, 0.25) is 0 Å². The summed E-state index contributed by atoms with van der Waals surface area (Å²) in [6, 6.07) is 0. The van der Waals surface area contributed by atoms with Gasteiger partial charge in [0, 0.05) is 19.3 Å². The molecule has 0 aliphatic heterocycles. The number of ether oxygens (including phenoxy) is 3. The Labute approximate surface area is 430 Å². The van der Waals surface area contributed by atoms with Gasteiger partial charge in [-0.15, -0.1) is 0 Å². The van der Waals surface area contributed by atoms with E-state index in [9.17, 15) is 14.4 Å². The smallest absolute Gasteiger partial charge is 0.306 e. The third-order valence-corrected chi connectivity index (χ3v) is 14.0. The zero-order valence-electron chi connectivity index (χ0n) is 46.6. The summed E-state index contributed by atoms with van der Waals surface area (Å²) in [5.41, 5.74) is 0. The van der Waals surface area contributed by atoms with Crippen LogP contribution >= 0.6 is 0 Å². The number of carbonyl (C=O) groups is 3. The molecule has 0 aromatic rings. The molecular weight excluding hydrogens is 853 g/mol. The van der Waals surface area contributed by atoms with Crippen LogP contribution in [0.4, 0.5) is 0 Å². The van der Waals surface area contributed by atoms with Crippen LogP contribution in [0.1, 0.15) is 342 Å². The Balaban J connectivity index is 4.11. The maximum absolute atomic E-state index is 12.8. The zero-order valence-corrected chi connectivity index (χ0v) is 46.6. The van der Waals surface area contributed by atoms with E-state index >= 15 is 0 Å². The lowest BCUT2D eigenvalue weighted by Crippen LogP contribution is -2.30. The largest absolute Gasteiger partial charge is 0.462 e. The lowest BCUT2D eigenvalue weighted by molar-refractivity contribution is -0.167. The van der Waals surface area contributed by atoms with E-state index in [1.807, 2.05) is 0 Å². The topological polar surface area (TPSA) is 78.9 Å². The van der Waals surface area contributed by atoms with Gasteiger partial charge in [-0.2, -0.15) is 0 Å². The van der Waals surface area contributed by atoms with Crippen LogP contribution in [-0.2, 0) is 28.6 Å². The van der Waals surface area contributed by atoms with Gasteiger partial charge in [0.15, 0.2) is 6.10 Å². The molecule has 0 fully saturated rings. The maximum atomic E-state index is 12.8. The molecule has 0 heterocycles. The van der Waals surface area contributed by atoms with E-state index in [-0.39, 0.29) is 31.1 Å². The van der Waals surface area contributed by atoms with Gasteiger partial charge in [0.05, 0.1) is 0 Å². The van der Waals surface area contributed by atoms with Gasteiger partial charge < -0.3 is 14.2 Å². The molecule has 0 aromatic heterocycles. The third kappa shape index (κ3) is 56.7. The van der Waals surface area contributed by atoms with Crippen LogP contribution in [-0.4, -0.2) is 37.2 Å². The van der Waals surface area contributed by atoms with Gasteiger partial charge >= 0.3 is 17.9 Å². The van der Waals surface area contributed by atoms with E-state index in [2.05, 4.69) is 45.1 Å². The second kappa shape index (κ2) is 58.5. The van der Waals surface area contributed by atoms with E-state index in [1.165, 1.54) is 238 Å². The van der Waals surface area contributed by atoms with Crippen LogP contribution in [0, 0.1) is 0 Å². The van der Waals surface area contributed by atoms with Crippen molar-refractivity contribution in [2.24, 2.45) is 0 Å². The highest BCUT2D eigenvalue weighted by Gasteiger charge is 2.19. The van der Waals surface area contributed by atoms with Gasteiger partial charge in [0.1, 0.15) is 13.2 Å². The second-order valence-corrected chi connectivity index (χ2v) is 21.0. The standard InChI is InChI=1S/C63H118O6/c1-4-7-10-13-16-18-20-22-24-26-28-30-31-33-34-36-38-40-42-44-47-50-53-56-62(65)68-59-60(58-67-61(64)55-52-49-46-15-12-9-6-3)69-63(66)57-54-51-48-45-43-41-39-37-35-32-29-27-25-23-21-19-17-14-11-8-5-2/h20,22,26,28,60H,4-19,21,23-25,27,29-59H2,1-3H3/b22-20-,28-26-. The summed E-state index contributed by atoms with van der Waals surface area (Å²) in [7, 11) is 0. The summed E-state index contributed by atoms with van der Waals surface area (Å²) >= 11 is 0. The van der Waals surface area contributed by atoms with E-state index in [4.69, 9.17) is 14.2 Å². The first-order valence-electron chi connectivity index (χ1n) is 30.8. The molecule has 0 radical (unpaired) electrons. The minimum atomic E-state index is -0.766. The zero-order chi connectivity index (χ0) is 50.0. The van der Waals surface area contributed by atoms with Crippen molar-refractivity contribution in [1.29, 1.82) is 0 Å². The Morgan fingerprint density at radius 1 is 0.290 bits per heavy atom. The Morgan fingerprint density at radius 2 is 0.522 bits per heavy atom. The van der Waals surface area contributed by atoms with Crippen molar-refractivity contribution >= 4 is 17.9 Å². The fraction of sp³-hybridized carbons (Fsp3) is 0.889. The molecule has 0 N–H and O–H groups in total. The molecule has 0 amide bonds. The average molecular weight is 972 g/mol. The summed E-state index contributed by atoms with van der Waals surface area (Å²) in [5.74, 6) is -0.853. The number of allylic oxidation sites excluding steroid dienone is 4. The SMILES string of the molecule is CCCCCCC/C=C\C/C=C\CCCCCCCCCCCCCC(=O)OCC(COC(=O)CCCCCCCCC)OC(=O)CCCCCCCCCCCCCCCCCCCCCCC. The summed E-state index contributed by atoms with van der Waals surface area (Å²) < 4.78 is 16.8. The van der Waals surface area contributed by atoms with Crippen LogP contribution < -0.4 is 0 Å². The van der Waals surface area contributed by atoms with Crippen molar-refractivity contribution < 1.29 is 28.6 Å². The average Bonchev–Trinajstić information content (AvgIpc) is 3.35. The lowest BCUT2D eigenvalue weighted by Gasteiger charge is -2.18. The van der Waals surface area contributed by atoms with Crippen LogP contribution in [0.5, 0.6) is 0 Å². The first-order valence-corrected chi connectivity index (χ1v) is 30.8. The molecule has 1 atom stereocenters. The summed E-state index contributed by atoms with van der Waals surface area (Å²) in [6.45, 7) is 6.64. The predicted octanol–water partition coefficient (Wildman–Crippen LogP) is 20.7. The van der Waals surface area contributed by atoms with Crippen LogP contribution in [0.25, 0.3) is 0 Å². The molecule has 69 heavy (non-hydrogen) atoms. The van der Waals surface area contributed by atoms with Gasteiger partial charge in [0.25, 0.3) is 0 Å². The Bertz CT molecular complexity index is 1110. The minimum Gasteiger partial charge on any atom is -0.462 e. The van der Waals surface area contributed by atoms with Gasteiger partial charge in [-0.05, 0) is 51.4 Å². The van der Waals surface area contributed by atoms with Crippen molar-refractivity contribution in [2.75, 3.05) is 13.2 Å². The van der Waals surface area contributed by atoms with Gasteiger partial charge in [-0.1, -0.05) is 295 Å². The quantitative estimate of drug-likeness (QED) is 0.0261. The number of hydrogen-bond donors (Lipinski definition) is 0. The summed E-state index contributed by atoms with van der Waals surface area (Å²) in [5, 5.41) is 0. The van der Waals surface area contributed by atoms with Gasteiger partial charge in [0.2, 0.25) is 0 Å². The van der Waals surface area contributed by atoms with E-state index in [1.54, 1.807) is 0 Å².